The zero-order valence-corrected chi connectivity index (χ0v) is 21.6. The molecule has 0 spiro atoms. The molecule has 0 atom stereocenters. The van der Waals surface area contributed by atoms with E-state index >= 15 is 0 Å². The monoisotopic (exact) mass is 508 g/mol. The minimum atomic E-state index is -4.83. The summed E-state index contributed by atoms with van der Waals surface area (Å²) in [6.07, 6.45) is -5.14. The molecule has 2 amide bonds. The van der Waals surface area contributed by atoms with E-state index in [0.717, 1.165) is 17.0 Å². The molecule has 4 nitrogen and oxygen atoms in total. The molecule has 0 saturated carbocycles. The van der Waals surface area contributed by atoms with E-state index < -0.39 is 53.6 Å². The molecule has 0 radical (unpaired) electrons. The van der Waals surface area contributed by atoms with Crippen LogP contribution in [0.1, 0.15) is 33.5 Å². The number of allylic oxidation sites excluding steroid dienone is 1. The summed E-state index contributed by atoms with van der Waals surface area (Å²) in [5, 5.41) is 0. The fourth-order valence-corrected chi connectivity index (χ4v) is 3.34. The zero-order chi connectivity index (χ0) is 22.3. The van der Waals surface area contributed by atoms with Crippen LogP contribution in [0.2, 0.25) is 0 Å². The molecule has 158 valence electrons. The van der Waals surface area contributed by atoms with Gasteiger partial charge < -0.3 is 10.6 Å². The number of nitrogens with zero attached hydrogens (tertiary/aromatic N) is 1. The van der Waals surface area contributed by atoms with Crippen molar-refractivity contribution >= 4 is 23.1 Å². The summed E-state index contributed by atoms with van der Waals surface area (Å²) in [6, 6.07) is 9.24. The van der Waals surface area contributed by atoms with Crippen LogP contribution in [0.15, 0.2) is 42.5 Å². The van der Waals surface area contributed by atoms with Gasteiger partial charge in [-0.25, -0.2) is 8.78 Å². The molecule has 2 aromatic rings. The van der Waals surface area contributed by atoms with E-state index in [9.17, 15) is 31.5 Å². The first-order chi connectivity index (χ1) is 13.9. The Hall–Kier alpha value is -1.42. The summed E-state index contributed by atoms with van der Waals surface area (Å²) in [5.74, 6) is -5.71. The van der Waals surface area contributed by atoms with Gasteiger partial charge in [-0.1, -0.05) is 17.2 Å². The van der Waals surface area contributed by atoms with Gasteiger partial charge in [0.15, 0.2) is 0 Å². The number of alkyl halides is 5. The number of halogens is 5. The first kappa shape index (κ1) is 25.8. The normalized spacial score (nSPS) is 16.8. The van der Waals surface area contributed by atoms with Crippen LogP contribution in [-0.4, -0.2) is 24.3 Å². The van der Waals surface area contributed by atoms with Crippen LogP contribution in [0.4, 0.5) is 27.6 Å². The van der Waals surface area contributed by atoms with Gasteiger partial charge in [0.1, 0.15) is 0 Å². The maximum atomic E-state index is 14.8. The Labute approximate surface area is 224 Å². The Balaban J connectivity index is 0.00000341. The van der Waals surface area contributed by atoms with Crippen molar-refractivity contribution in [3.8, 4) is 0 Å². The minimum Gasteiger partial charge on any atom is -0.366 e. The molecule has 1 aliphatic heterocycles. The Morgan fingerprint density at radius 2 is 1.90 bits per heavy atom. The molecule has 1 heterocycles. The molecule has 2 aromatic carbocycles. The zero-order valence-electron chi connectivity index (χ0n) is 16.7. The Bertz CT molecular complexity index is 1050. The smallest absolute Gasteiger partial charge is 0.366 e. The number of hydrogen-bond acceptors (Lipinski definition) is 2. The second-order valence-corrected chi connectivity index (χ2v) is 6.86. The molecule has 31 heavy (non-hydrogen) atoms. The fraction of sp³-hybridized carbons (Fsp3) is 0.238. The summed E-state index contributed by atoms with van der Waals surface area (Å²) in [7, 11) is 0. The van der Waals surface area contributed by atoms with E-state index in [4.69, 9.17) is 5.73 Å². The molecule has 0 fully saturated rings. The predicted molar refractivity (Wildman–Crippen MR) is 99.9 cm³/mol. The Morgan fingerprint density at radius 1 is 1.23 bits per heavy atom. The Morgan fingerprint density at radius 3 is 2.52 bits per heavy atom. The molecule has 0 bridgehead atoms. The van der Waals surface area contributed by atoms with Crippen LogP contribution in [-0.2, 0) is 11.0 Å². The molecule has 2 N–H and O–H groups in total. The number of aryl methyl sites for hydroxylation is 1. The largest absolute Gasteiger partial charge is 1.00 e. The van der Waals surface area contributed by atoms with Crippen LogP contribution in [0.5, 0.6) is 0 Å². The van der Waals surface area contributed by atoms with Gasteiger partial charge in [0.05, 0.1) is 5.69 Å². The number of rotatable bonds is 2. The second kappa shape index (κ2) is 9.60. The molecule has 0 aliphatic carbocycles. The molecule has 0 saturated heterocycles. The van der Waals surface area contributed by atoms with Gasteiger partial charge >= 0.3 is 64.4 Å². The maximum Gasteiger partial charge on any atom is 1.00 e. The molecule has 0 aromatic heterocycles. The summed E-state index contributed by atoms with van der Waals surface area (Å²) in [5.41, 5.74) is 2.90. The van der Waals surface area contributed by atoms with Gasteiger partial charge in [0.25, 0.3) is 5.92 Å². The third-order valence-electron chi connectivity index (χ3n) is 4.71. The van der Waals surface area contributed by atoms with Gasteiger partial charge in [-0.2, -0.15) is 37.4 Å². The third kappa shape index (κ3) is 5.50. The quantitative estimate of drug-likeness (QED) is 0.378. The van der Waals surface area contributed by atoms with Crippen molar-refractivity contribution < 1.29 is 89.7 Å². The van der Waals surface area contributed by atoms with E-state index in [0.29, 0.717) is 17.7 Å². The molecule has 3 rings (SSSR count). The summed E-state index contributed by atoms with van der Waals surface area (Å²) < 4.78 is 69.7. The van der Waals surface area contributed by atoms with Gasteiger partial charge in [-0.3, -0.25) is 9.59 Å². The van der Waals surface area contributed by atoms with Gasteiger partial charge in [-0.15, -0.1) is 0 Å². The van der Waals surface area contributed by atoms with Gasteiger partial charge in [-0.05, 0) is 24.6 Å². The van der Waals surface area contributed by atoms with Gasteiger partial charge in [0, 0.05) is 30.2 Å². The number of benzene rings is 2. The number of carbonyl (C=O) groups excluding carboxylic acids is 2. The van der Waals surface area contributed by atoms with Crippen molar-refractivity contribution in [2.75, 3.05) is 11.4 Å². The number of fused-ring (bicyclic) bond motifs is 1. The fourth-order valence-electron chi connectivity index (χ4n) is 3.34. The topological polar surface area (TPSA) is 63.4 Å². The van der Waals surface area contributed by atoms with Crippen molar-refractivity contribution in [1.29, 1.82) is 0 Å². The maximum absolute atomic E-state index is 14.8. The summed E-state index contributed by atoms with van der Waals surface area (Å²) >= 11 is 0. The number of amides is 2. The number of primary amides is 1. The standard InChI is InChI=1S/C21H16F5N2O2.Rb/c1-12-6-7-17-14(10-12)16(11-18(27)29)20(22,23)8-9-28(17)19(30)13-4-2-3-5-15(13)21(24,25)26;/h2,4-7,10-11H,8-9H2,1H3,(H2,27,29);/q-1;+1/b16-11-;. The number of carbonyl (C=O) groups is 2. The van der Waals surface area contributed by atoms with E-state index in [-0.39, 0.29) is 69.4 Å². The average Bonchev–Trinajstić information content (AvgIpc) is 2.75. The van der Waals surface area contributed by atoms with Crippen molar-refractivity contribution in [2.24, 2.45) is 5.73 Å². The van der Waals surface area contributed by atoms with E-state index in [1.165, 1.54) is 18.2 Å². The van der Waals surface area contributed by atoms with Crippen LogP contribution >= 0.6 is 0 Å². The van der Waals surface area contributed by atoms with Gasteiger partial charge in [0.2, 0.25) is 11.8 Å². The van der Waals surface area contributed by atoms with Crippen LogP contribution in [0.3, 0.4) is 0 Å². The van der Waals surface area contributed by atoms with Crippen LogP contribution in [0.25, 0.3) is 5.57 Å². The molecule has 0 unspecified atom stereocenters. The first-order valence-corrected chi connectivity index (χ1v) is 8.81. The Kier molecular flexibility index (Phi) is 8.00. The summed E-state index contributed by atoms with van der Waals surface area (Å²) in [6.45, 7) is 1.06. The van der Waals surface area contributed by atoms with E-state index in [2.05, 4.69) is 6.07 Å². The third-order valence-corrected chi connectivity index (χ3v) is 4.71. The predicted octanol–water partition coefficient (Wildman–Crippen LogP) is 1.37. The minimum absolute atomic E-state index is 0. The molecular formula is C21H16F5N2O2Rb. The molecule has 10 heteroatoms. The van der Waals surface area contributed by atoms with Crippen molar-refractivity contribution in [3.63, 3.8) is 0 Å². The van der Waals surface area contributed by atoms with Crippen molar-refractivity contribution in [2.45, 2.75) is 25.4 Å². The van der Waals surface area contributed by atoms with E-state index in [1.807, 2.05) is 0 Å². The second-order valence-electron chi connectivity index (χ2n) is 6.86. The van der Waals surface area contributed by atoms with Crippen molar-refractivity contribution in [1.82, 2.24) is 0 Å². The number of nitrogens with two attached hydrogens (primary N) is 1. The van der Waals surface area contributed by atoms with E-state index in [1.54, 1.807) is 6.92 Å². The van der Waals surface area contributed by atoms with Crippen LogP contribution < -0.4 is 68.8 Å². The van der Waals surface area contributed by atoms with Crippen LogP contribution in [0, 0.1) is 13.0 Å². The van der Waals surface area contributed by atoms with Crippen molar-refractivity contribution in [3.05, 3.63) is 70.8 Å². The molecule has 1 aliphatic rings. The molecular weight excluding hydrogens is 493 g/mol. The first-order valence-electron chi connectivity index (χ1n) is 8.81. The summed E-state index contributed by atoms with van der Waals surface area (Å²) in [4.78, 5) is 25.3. The SMILES string of the molecule is Cc1ccc2c(c1)/C(=C/C(N)=O)C(F)(F)CCN2C(=O)c1cc[c-]cc1C(F)(F)F.[Rb+]. The number of anilines is 1. The average molecular weight is 509 g/mol. The number of hydrogen-bond donors (Lipinski definition) is 1.